The average molecular weight is 427 g/mol. The summed E-state index contributed by atoms with van der Waals surface area (Å²) in [6.07, 6.45) is 6.50. The van der Waals surface area contributed by atoms with Gasteiger partial charge in [-0.15, -0.1) is 0 Å². The lowest BCUT2D eigenvalue weighted by molar-refractivity contribution is -0.137. The number of rotatable bonds is 7. The number of aliphatic hydroxyl groups excluding tert-OH is 1. The number of carbonyl (C=O) groups excluding carboxylic acids is 1. The molecule has 2 fully saturated rings. The van der Waals surface area contributed by atoms with E-state index < -0.39 is 11.4 Å². The second-order valence-corrected chi connectivity index (χ2v) is 9.79. The molecule has 1 aromatic rings. The number of Topliss-reactive ketones (excluding diaryl/α,β-unsaturated/α-hetero) is 1. The van der Waals surface area contributed by atoms with Crippen molar-refractivity contribution in [2.75, 3.05) is 6.61 Å². The average Bonchev–Trinajstić information content (AvgIpc) is 3.03. The van der Waals surface area contributed by atoms with Crippen molar-refractivity contribution in [3.05, 3.63) is 40.7 Å². The van der Waals surface area contributed by atoms with Crippen LogP contribution in [-0.4, -0.2) is 28.6 Å². The standard InChI is InChI=1S/C26H34O5/c1-3-4-13-31-17-6-8-18-16(14-17)5-7-20-19(18)11-12-26(2)22(20)15-21(25(26)30)23(27)9-10-24(28)29/h6,8,14,19-20,22,27H,3-5,7,9-13,15H2,1-2H3,(H,28,29)/b23-21-/t19?,20?,22?,26-/m0/s1. The van der Waals surface area contributed by atoms with Crippen LogP contribution in [-0.2, 0) is 16.0 Å². The molecule has 2 N–H and O–H groups in total. The van der Waals surface area contributed by atoms with Gasteiger partial charge in [0.25, 0.3) is 0 Å². The number of carbonyl (C=O) groups is 2. The molecular formula is C26H34O5. The quantitative estimate of drug-likeness (QED) is 0.338. The summed E-state index contributed by atoms with van der Waals surface area (Å²) in [5, 5.41) is 19.4. The molecule has 0 radical (unpaired) electrons. The van der Waals surface area contributed by atoms with Gasteiger partial charge < -0.3 is 14.9 Å². The van der Waals surface area contributed by atoms with Crippen molar-refractivity contribution in [2.24, 2.45) is 17.3 Å². The highest BCUT2D eigenvalue weighted by Crippen LogP contribution is 2.61. The van der Waals surface area contributed by atoms with Crippen LogP contribution in [0.5, 0.6) is 5.75 Å². The number of ether oxygens (including phenoxy) is 1. The van der Waals surface area contributed by atoms with E-state index in [1.807, 2.05) is 0 Å². The predicted octanol–water partition coefficient (Wildman–Crippen LogP) is 5.58. The minimum atomic E-state index is -0.955. The molecule has 2 saturated carbocycles. The third-order valence-corrected chi connectivity index (χ3v) is 8.00. The smallest absolute Gasteiger partial charge is 0.303 e. The molecule has 0 spiro atoms. The maximum Gasteiger partial charge on any atom is 0.303 e. The monoisotopic (exact) mass is 426 g/mol. The van der Waals surface area contributed by atoms with Gasteiger partial charge in [0.1, 0.15) is 5.75 Å². The number of aryl methyl sites for hydroxylation is 1. The topological polar surface area (TPSA) is 83.8 Å². The SMILES string of the molecule is CCCCOc1ccc2c(c1)CCC1C2CC[C@]2(C)C(=O)/C(=C(\O)CCC(=O)O)CC12. The number of ketones is 1. The summed E-state index contributed by atoms with van der Waals surface area (Å²) in [6, 6.07) is 6.53. The van der Waals surface area contributed by atoms with Crippen molar-refractivity contribution in [3.63, 3.8) is 0 Å². The summed E-state index contributed by atoms with van der Waals surface area (Å²) in [4.78, 5) is 24.1. The van der Waals surface area contributed by atoms with Crippen molar-refractivity contribution in [1.29, 1.82) is 0 Å². The maximum atomic E-state index is 13.3. The summed E-state index contributed by atoms with van der Waals surface area (Å²) in [5.41, 5.74) is 2.83. The Morgan fingerprint density at radius 2 is 2.03 bits per heavy atom. The second kappa shape index (κ2) is 8.68. The zero-order valence-electron chi connectivity index (χ0n) is 18.7. The van der Waals surface area contributed by atoms with E-state index in [9.17, 15) is 14.7 Å². The number of carboxylic acid groups (broad SMARTS) is 1. The van der Waals surface area contributed by atoms with E-state index in [4.69, 9.17) is 9.84 Å². The molecule has 5 heteroatoms. The van der Waals surface area contributed by atoms with Gasteiger partial charge in [0, 0.05) is 17.4 Å². The molecule has 3 aliphatic rings. The van der Waals surface area contributed by atoms with E-state index in [-0.39, 0.29) is 30.3 Å². The highest BCUT2D eigenvalue weighted by atomic mass is 16.5. The fourth-order valence-electron chi connectivity index (χ4n) is 6.24. The molecule has 3 unspecified atom stereocenters. The van der Waals surface area contributed by atoms with Gasteiger partial charge in [-0.2, -0.15) is 0 Å². The first-order valence-corrected chi connectivity index (χ1v) is 11.8. The number of aliphatic hydroxyl groups is 1. The van der Waals surface area contributed by atoms with Gasteiger partial charge in [0.15, 0.2) is 5.78 Å². The molecule has 0 saturated heterocycles. The molecule has 0 aliphatic heterocycles. The van der Waals surface area contributed by atoms with Crippen molar-refractivity contribution in [2.45, 2.75) is 77.6 Å². The Hall–Kier alpha value is -2.30. The largest absolute Gasteiger partial charge is 0.512 e. The Morgan fingerprint density at radius 3 is 2.77 bits per heavy atom. The molecular weight excluding hydrogens is 392 g/mol. The molecule has 0 aromatic heterocycles. The minimum Gasteiger partial charge on any atom is -0.512 e. The zero-order chi connectivity index (χ0) is 22.2. The van der Waals surface area contributed by atoms with E-state index in [2.05, 4.69) is 32.0 Å². The van der Waals surface area contributed by atoms with Crippen molar-refractivity contribution in [3.8, 4) is 5.75 Å². The van der Waals surface area contributed by atoms with Crippen LogP contribution in [0.15, 0.2) is 29.5 Å². The highest BCUT2D eigenvalue weighted by molar-refractivity contribution is 6.03. The lowest BCUT2D eigenvalue weighted by atomic mass is 9.55. The van der Waals surface area contributed by atoms with Gasteiger partial charge >= 0.3 is 5.97 Å². The summed E-state index contributed by atoms with van der Waals surface area (Å²) in [6.45, 7) is 4.98. The van der Waals surface area contributed by atoms with Gasteiger partial charge in [-0.25, -0.2) is 0 Å². The molecule has 5 nitrogen and oxygen atoms in total. The highest BCUT2D eigenvalue weighted by Gasteiger charge is 2.57. The molecule has 3 aliphatic carbocycles. The fraction of sp³-hybridized carbons (Fsp3) is 0.615. The molecule has 4 rings (SSSR count). The lowest BCUT2D eigenvalue weighted by Gasteiger charge is -2.48. The van der Waals surface area contributed by atoms with Crippen molar-refractivity contribution in [1.82, 2.24) is 0 Å². The first-order valence-electron chi connectivity index (χ1n) is 11.8. The first-order chi connectivity index (χ1) is 14.8. The molecule has 4 atom stereocenters. The maximum absolute atomic E-state index is 13.3. The number of aliphatic carboxylic acids is 1. The van der Waals surface area contributed by atoms with E-state index in [0.29, 0.717) is 23.8 Å². The Morgan fingerprint density at radius 1 is 1.23 bits per heavy atom. The van der Waals surface area contributed by atoms with Gasteiger partial charge in [0.05, 0.1) is 18.8 Å². The lowest BCUT2D eigenvalue weighted by Crippen LogP contribution is -2.42. The van der Waals surface area contributed by atoms with Gasteiger partial charge in [-0.1, -0.05) is 26.3 Å². The third kappa shape index (κ3) is 3.99. The number of fused-ring (bicyclic) bond motifs is 5. The van der Waals surface area contributed by atoms with Crippen LogP contribution in [0.25, 0.3) is 0 Å². The number of hydrogen-bond donors (Lipinski definition) is 2. The van der Waals surface area contributed by atoms with Crippen LogP contribution >= 0.6 is 0 Å². The third-order valence-electron chi connectivity index (χ3n) is 8.00. The van der Waals surface area contributed by atoms with Gasteiger partial charge in [-0.05, 0) is 79.5 Å². The fourth-order valence-corrected chi connectivity index (χ4v) is 6.24. The summed E-state index contributed by atoms with van der Waals surface area (Å²) < 4.78 is 5.91. The van der Waals surface area contributed by atoms with Crippen molar-refractivity contribution < 1.29 is 24.5 Å². The minimum absolute atomic E-state index is 0.00958. The Bertz CT molecular complexity index is 901. The van der Waals surface area contributed by atoms with E-state index in [1.165, 1.54) is 11.1 Å². The molecule has 168 valence electrons. The number of unbranched alkanes of at least 4 members (excludes halogenated alkanes) is 1. The van der Waals surface area contributed by atoms with Crippen LogP contribution in [0.2, 0.25) is 0 Å². The number of hydrogen-bond acceptors (Lipinski definition) is 4. The van der Waals surface area contributed by atoms with Crippen molar-refractivity contribution >= 4 is 11.8 Å². The predicted molar refractivity (Wildman–Crippen MR) is 118 cm³/mol. The first kappa shape index (κ1) is 21.9. The molecule has 0 heterocycles. The van der Waals surface area contributed by atoms with Crippen LogP contribution in [0.4, 0.5) is 0 Å². The summed E-state index contributed by atoms with van der Waals surface area (Å²) in [5.74, 6) is 1.12. The van der Waals surface area contributed by atoms with Crippen LogP contribution in [0.1, 0.15) is 82.3 Å². The molecule has 0 amide bonds. The number of allylic oxidation sites excluding steroid dienone is 2. The molecule has 31 heavy (non-hydrogen) atoms. The summed E-state index contributed by atoms with van der Waals surface area (Å²) in [7, 11) is 0. The number of carboxylic acids is 1. The van der Waals surface area contributed by atoms with E-state index >= 15 is 0 Å². The second-order valence-electron chi connectivity index (χ2n) is 9.79. The number of benzene rings is 1. The van der Waals surface area contributed by atoms with E-state index in [1.54, 1.807) is 0 Å². The Labute approximate surface area is 184 Å². The van der Waals surface area contributed by atoms with Crippen LogP contribution in [0, 0.1) is 17.3 Å². The molecule has 0 bridgehead atoms. The normalized spacial score (nSPS) is 30.9. The summed E-state index contributed by atoms with van der Waals surface area (Å²) >= 11 is 0. The van der Waals surface area contributed by atoms with Crippen LogP contribution < -0.4 is 4.74 Å². The Kier molecular flexibility index (Phi) is 6.14. The Balaban J connectivity index is 1.55. The van der Waals surface area contributed by atoms with Gasteiger partial charge in [-0.3, -0.25) is 9.59 Å². The zero-order valence-corrected chi connectivity index (χ0v) is 18.7. The van der Waals surface area contributed by atoms with E-state index in [0.717, 1.165) is 50.9 Å². The molecule has 1 aromatic carbocycles. The van der Waals surface area contributed by atoms with Gasteiger partial charge in [0.2, 0.25) is 0 Å². The van der Waals surface area contributed by atoms with Crippen LogP contribution in [0.3, 0.4) is 0 Å².